The third kappa shape index (κ3) is 3.24. The van der Waals surface area contributed by atoms with E-state index in [4.69, 9.17) is 4.52 Å². The summed E-state index contributed by atoms with van der Waals surface area (Å²) in [7, 11) is 0. The predicted molar refractivity (Wildman–Crippen MR) is 92.9 cm³/mol. The van der Waals surface area contributed by atoms with E-state index in [0.29, 0.717) is 11.7 Å². The van der Waals surface area contributed by atoms with Crippen LogP contribution in [-0.4, -0.2) is 28.2 Å². The van der Waals surface area contributed by atoms with E-state index in [9.17, 15) is 4.39 Å². The Bertz CT molecular complexity index is 862. The van der Waals surface area contributed by atoms with Crippen LogP contribution in [0.3, 0.4) is 0 Å². The Hall–Kier alpha value is -2.76. The first-order valence-corrected chi connectivity index (χ1v) is 8.47. The minimum atomic E-state index is -0.218. The summed E-state index contributed by atoms with van der Waals surface area (Å²) in [5.74, 6) is 1.13. The van der Waals surface area contributed by atoms with Gasteiger partial charge in [-0.1, -0.05) is 11.2 Å². The van der Waals surface area contributed by atoms with Gasteiger partial charge in [0.25, 0.3) is 0 Å². The summed E-state index contributed by atoms with van der Waals surface area (Å²) in [5, 5.41) is 4.12. The van der Waals surface area contributed by atoms with Gasteiger partial charge in [0.1, 0.15) is 11.5 Å². The molecule has 0 amide bonds. The number of piperidine rings is 1. The van der Waals surface area contributed by atoms with Crippen LogP contribution in [0.4, 0.5) is 10.1 Å². The molecule has 128 valence electrons. The maximum Gasteiger partial charge on any atom is 0.231 e. The van der Waals surface area contributed by atoms with E-state index in [-0.39, 0.29) is 11.7 Å². The van der Waals surface area contributed by atoms with Crippen molar-refractivity contribution in [1.29, 1.82) is 0 Å². The zero-order chi connectivity index (χ0) is 17.2. The standard InChI is InChI=1S/C19H19FN4O/c1-13-4-2-10-21-17(13)18-22-19(25-23-18)14-5-3-11-24(12-14)16-8-6-15(20)7-9-16/h2,4,6-10,14H,3,5,11-12H2,1H3. The van der Waals surface area contributed by atoms with E-state index < -0.39 is 0 Å². The second-order valence-corrected chi connectivity index (χ2v) is 6.39. The summed E-state index contributed by atoms with van der Waals surface area (Å²) in [6.07, 6.45) is 3.76. The number of pyridine rings is 1. The number of anilines is 1. The van der Waals surface area contributed by atoms with Gasteiger partial charge in [-0.2, -0.15) is 4.98 Å². The van der Waals surface area contributed by atoms with Crippen LogP contribution in [0.2, 0.25) is 0 Å². The normalized spacial score (nSPS) is 17.7. The second kappa shape index (κ2) is 6.63. The lowest BCUT2D eigenvalue weighted by Crippen LogP contribution is -2.34. The van der Waals surface area contributed by atoms with Gasteiger partial charge in [0.15, 0.2) is 0 Å². The van der Waals surface area contributed by atoms with Gasteiger partial charge in [-0.3, -0.25) is 4.98 Å². The second-order valence-electron chi connectivity index (χ2n) is 6.39. The molecule has 0 N–H and O–H groups in total. The molecular formula is C19H19FN4O. The Kier molecular flexibility index (Phi) is 4.17. The fourth-order valence-electron chi connectivity index (χ4n) is 3.28. The maximum atomic E-state index is 13.1. The molecule has 0 saturated carbocycles. The van der Waals surface area contributed by atoms with Crippen molar-refractivity contribution < 1.29 is 8.91 Å². The van der Waals surface area contributed by atoms with E-state index >= 15 is 0 Å². The number of aromatic nitrogens is 3. The lowest BCUT2D eigenvalue weighted by molar-refractivity contribution is 0.333. The predicted octanol–water partition coefficient (Wildman–Crippen LogP) is 3.96. The first-order chi connectivity index (χ1) is 12.2. The molecule has 6 heteroatoms. The van der Waals surface area contributed by atoms with Crippen LogP contribution in [0.1, 0.15) is 30.2 Å². The van der Waals surface area contributed by atoms with Crippen LogP contribution in [0.5, 0.6) is 0 Å². The third-order valence-electron chi connectivity index (χ3n) is 4.63. The van der Waals surface area contributed by atoms with E-state index in [1.807, 2.05) is 31.2 Å². The van der Waals surface area contributed by atoms with E-state index in [1.54, 1.807) is 6.20 Å². The molecule has 3 aromatic rings. The van der Waals surface area contributed by atoms with Gasteiger partial charge >= 0.3 is 0 Å². The van der Waals surface area contributed by atoms with Crippen molar-refractivity contribution >= 4 is 5.69 Å². The summed E-state index contributed by atoms with van der Waals surface area (Å²) in [5.41, 5.74) is 2.79. The number of nitrogens with zero attached hydrogens (tertiary/aromatic N) is 4. The van der Waals surface area contributed by atoms with Crippen LogP contribution in [0, 0.1) is 12.7 Å². The highest BCUT2D eigenvalue weighted by Gasteiger charge is 2.27. The Balaban J connectivity index is 1.54. The summed E-state index contributed by atoms with van der Waals surface area (Å²) in [6.45, 7) is 3.71. The van der Waals surface area contributed by atoms with Gasteiger partial charge in [-0.25, -0.2) is 4.39 Å². The maximum absolute atomic E-state index is 13.1. The minimum Gasteiger partial charge on any atom is -0.371 e. The Morgan fingerprint density at radius 3 is 2.84 bits per heavy atom. The molecule has 5 nitrogen and oxygen atoms in total. The quantitative estimate of drug-likeness (QED) is 0.723. The van der Waals surface area contributed by atoms with Crippen LogP contribution < -0.4 is 4.90 Å². The van der Waals surface area contributed by atoms with E-state index in [2.05, 4.69) is 20.0 Å². The summed E-state index contributed by atoms with van der Waals surface area (Å²) in [4.78, 5) is 11.2. The number of hydrogen-bond donors (Lipinski definition) is 0. The molecule has 1 atom stereocenters. The Morgan fingerprint density at radius 1 is 1.20 bits per heavy atom. The molecule has 2 aromatic heterocycles. The van der Waals surface area contributed by atoms with Gasteiger partial charge in [0, 0.05) is 25.0 Å². The smallest absolute Gasteiger partial charge is 0.231 e. The number of halogens is 1. The van der Waals surface area contributed by atoms with Crippen molar-refractivity contribution in [2.24, 2.45) is 0 Å². The van der Waals surface area contributed by atoms with Crippen molar-refractivity contribution in [2.75, 3.05) is 18.0 Å². The molecule has 0 radical (unpaired) electrons. The van der Waals surface area contributed by atoms with Gasteiger partial charge in [-0.15, -0.1) is 0 Å². The molecule has 25 heavy (non-hydrogen) atoms. The SMILES string of the molecule is Cc1cccnc1-c1noc(C2CCCN(c3ccc(F)cc3)C2)n1. The first-order valence-electron chi connectivity index (χ1n) is 8.47. The highest BCUT2D eigenvalue weighted by molar-refractivity contribution is 5.53. The van der Waals surface area contributed by atoms with E-state index in [0.717, 1.165) is 42.9 Å². The molecule has 1 aliphatic rings. The van der Waals surface area contributed by atoms with Crippen molar-refractivity contribution in [1.82, 2.24) is 15.1 Å². The average molecular weight is 338 g/mol. The lowest BCUT2D eigenvalue weighted by atomic mass is 9.97. The van der Waals surface area contributed by atoms with E-state index in [1.165, 1.54) is 12.1 Å². The zero-order valence-electron chi connectivity index (χ0n) is 14.0. The summed E-state index contributed by atoms with van der Waals surface area (Å²) in [6, 6.07) is 10.5. The van der Waals surface area contributed by atoms with Crippen LogP contribution in [-0.2, 0) is 0 Å². The fraction of sp³-hybridized carbons (Fsp3) is 0.316. The Morgan fingerprint density at radius 2 is 2.04 bits per heavy atom. The van der Waals surface area contributed by atoms with Crippen LogP contribution in [0.15, 0.2) is 47.1 Å². The number of rotatable bonds is 3. The van der Waals surface area contributed by atoms with Gasteiger partial charge in [0.2, 0.25) is 11.7 Å². The molecule has 4 rings (SSSR count). The summed E-state index contributed by atoms with van der Waals surface area (Å²) < 4.78 is 18.7. The van der Waals surface area contributed by atoms with Gasteiger partial charge in [-0.05, 0) is 55.7 Å². The third-order valence-corrected chi connectivity index (χ3v) is 4.63. The van der Waals surface area contributed by atoms with Crippen molar-refractivity contribution in [3.05, 3.63) is 59.9 Å². The van der Waals surface area contributed by atoms with Crippen molar-refractivity contribution in [3.8, 4) is 11.5 Å². The highest BCUT2D eigenvalue weighted by Crippen LogP contribution is 2.30. The molecule has 0 bridgehead atoms. The monoisotopic (exact) mass is 338 g/mol. The first kappa shape index (κ1) is 15.7. The minimum absolute atomic E-state index is 0.170. The molecule has 1 fully saturated rings. The molecule has 3 heterocycles. The summed E-state index contributed by atoms with van der Waals surface area (Å²) >= 11 is 0. The number of benzene rings is 1. The van der Waals surface area contributed by atoms with Crippen molar-refractivity contribution in [3.63, 3.8) is 0 Å². The molecule has 1 aliphatic heterocycles. The van der Waals surface area contributed by atoms with Crippen LogP contribution >= 0.6 is 0 Å². The Labute approximate surface area is 145 Å². The molecule has 1 aromatic carbocycles. The van der Waals surface area contributed by atoms with Crippen LogP contribution in [0.25, 0.3) is 11.5 Å². The molecular weight excluding hydrogens is 319 g/mol. The topological polar surface area (TPSA) is 55.1 Å². The highest BCUT2D eigenvalue weighted by atomic mass is 19.1. The largest absolute Gasteiger partial charge is 0.371 e. The lowest BCUT2D eigenvalue weighted by Gasteiger charge is -2.32. The van der Waals surface area contributed by atoms with Gasteiger partial charge < -0.3 is 9.42 Å². The molecule has 0 spiro atoms. The average Bonchev–Trinajstić information content (AvgIpc) is 3.13. The van der Waals surface area contributed by atoms with Crippen molar-refractivity contribution in [2.45, 2.75) is 25.7 Å². The fourth-order valence-corrected chi connectivity index (χ4v) is 3.28. The van der Waals surface area contributed by atoms with Gasteiger partial charge in [0.05, 0.1) is 5.92 Å². The molecule has 1 saturated heterocycles. The molecule has 1 unspecified atom stereocenters. The molecule has 0 aliphatic carbocycles. The number of hydrogen-bond acceptors (Lipinski definition) is 5. The number of aryl methyl sites for hydroxylation is 1. The zero-order valence-corrected chi connectivity index (χ0v) is 14.0.